The Labute approximate surface area is 171 Å². The molecule has 7 nitrogen and oxygen atoms in total. The lowest BCUT2D eigenvalue weighted by Crippen LogP contribution is -2.44. The van der Waals surface area contributed by atoms with Crippen LogP contribution in [0.2, 0.25) is 0 Å². The molecule has 1 aliphatic heterocycles. The highest BCUT2D eigenvalue weighted by atomic mass is 16.5. The number of nitrogens with one attached hydrogen (secondary N) is 1. The van der Waals surface area contributed by atoms with Crippen LogP contribution in [0.15, 0.2) is 54.6 Å². The molecule has 1 heterocycles. The van der Waals surface area contributed by atoms with Crippen molar-refractivity contribution in [3.8, 4) is 0 Å². The highest BCUT2D eigenvalue weighted by Crippen LogP contribution is 2.22. The molecule has 2 atom stereocenters. The number of rotatable bonds is 7. The van der Waals surface area contributed by atoms with E-state index in [9.17, 15) is 15.0 Å². The van der Waals surface area contributed by atoms with Gasteiger partial charge in [0, 0.05) is 38.4 Å². The first kappa shape index (κ1) is 21.1. The first-order chi connectivity index (χ1) is 14.0. The van der Waals surface area contributed by atoms with Crippen molar-refractivity contribution in [3.63, 3.8) is 0 Å². The topological polar surface area (TPSA) is 85.3 Å². The number of anilines is 1. The Morgan fingerprint density at radius 1 is 1.03 bits per heavy atom. The normalized spacial score (nSPS) is 16.9. The number of amides is 1. The van der Waals surface area contributed by atoms with E-state index in [4.69, 9.17) is 4.74 Å². The zero-order valence-electron chi connectivity index (χ0n) is 16.7. The molecular formula is C22H29N3O4. The number of nitrogens with zero attached hydrogens (tertiary/aromatic N) is 2. The number of likely N-dealkylation sites (N-methyl/N-ethyl adjacent to an activating group) is 1. The fourth-order valence-corrected chi connectivity index (χ4v) is 3.24. The van der Waals surface area contributed by atoms with Crippen LogP contribution in [0.3, 0.4) is 0 Å². The largest absolute Gasteiger partial charge is 0.445 e. The molecule has 0 bridgehead atoms. The summed E-state index contributed by atoms with van der Waals surface area (Å²) in [5, 5.41) is 23.1. The lowest BCUT2D eigenvalue weighted by atomic mass is 10.0. The van der Waals surface area contributed by atoms with Crippen LogP contribution in [0.25, 0.3) is 0 Å². The molecular weight excluding hydrogens is 370 g/mol. The molecule has 29 heavy (non-hydrogen) atoms. The highest BCUT2D eigenvalue weighted by molar-refractivity contribution is 5.67. The Morgan fingerprint density at radius 3 is 2.34 bits per heavy atom. The lowest BCUT2D eigenvalue weighted by Gasteiger charge is -2.34. The van der Waals surface area contributed by atoms with Gasteiger partial charge in [-0.3, -0.25) is 0 Å². The fourth-order valence-electron chi connectivity index (χ4n) is 3.24. The smallest absolute Gasteiger partial charge is 0.407 e. The highest BCUT2D eigenvalue weighted by Gasteiger charge is 2.20. The van der Waals surface area contributed by atoms with Crippen LogP contribution in [0.5, 0.6) is 0 Å². The summed E-state index contributed by atoms with van der Waals surface area (Å²) < 4.78 is 5.10. The number of ether oxygens (including phenoxy) is 1. The molecule has 0 spiro atoms. The minimum Gasteiger partial charge on any atom is -0.445 e. The second-order valence-electron chi connectivity index (χ2n) is 7.34. The minimum atomic E-state index is -1.13. The first-order valence-electron chi connectivity index (χ1n) is 9.87. The van der Waals surface area contributed by atoms with Crippen LogP contribution in [-0.2, 0) is 11.3 Å². The van der Waals surface area contributed by atoms with E-state index in [2.05, 4.69) is 22.2 Å². The van der Waals surface area contributed by atoms with E-state index >= 15 is 0 Å². The second-order valence-corrected chi connectivity index (χ2v) is 7.34. The van der Waals surface area contributed by atoms with Crippen LogP contribution in [-0.4, -0.2) is 67.1 Å². The molecule has 156 valence electrons. The Morgan fingerprint density at radius 2 is 1.69 bits per heavy atom. The van der Waals surface area contributed by atoms with E-state index in [1.807, 2.05) is 54.6 Å². The third-order valence-corrected chi connectivity index (χ3v) is 5.14. The maximum absolute atomic E-state index is 11.8. The van der Waals surface area contributed by atoms with Crippen molar-refractivity contribution < 1.29 is 19.7 Å². The Bertz CT molecular complexity index is 761. The van der Waals surface area contributed by atoms with Gasteiger partial charge in [-0.2, -0.15) is 0 Å². The van der Waals surface area contributed by atoms with Gasteiger partial charge in [-0.15, -0.1) is 0 Å². The average molecular weight is 399 g/mol. The van der Waals surface area contributed by atoms with Gasteiger partial charge in [-0.25, -0.2) is 4.79 Å². The van der Waals surface area contributed by atoms with Gasteiger partial charge in [0.25, 0.3) is 0 Å². The van der Waals surface area contributed by atoms with Gasteiger partial charge < -0.3 is 30.1 Å². The zero-order valence-corrected chi connectivity index (χ0v) is 16.7. The quantitative estimate of drug-likeness (QED) is 0.658. The monoisotopic (exact) mass is 399 g/mol. The molecule has 2 aromatic carbocycles. The summed E-state index contributed by atoms with van der Waals surface area (Å²) in [5.74, 6) is 0. The number of aliphatic hydroxyl groups excluding tert-OH is 2. The van der Waals surface area contributed by atoms with Gasteiger partial charge in [-0.1, -0.05) is 42.5 Å². The van der Waals surface area contributed by atoms with Gasteiger partial charge >= 0.3 is 6.09 Å². The summed E-state index contributed by atoms with van der Waals surface area (Å²) >= 11 is 0. The van der Waals surface area contributed by atoms with Crippen molar-refractivity contribution in [1.29, 1.82) is 0 Å². The molecule has 1 amide bonds. The summed E-state index contributed by atoms with van der Waals surface area (Å²) in [5.41, 5.74) is 2.59. The second kappa shape index (κ2) is 10.2. The molecule has 0 saturated carbocycles. The number of alkyl carbamates (subject to hydrolysis) is 1. The van der Waals surface area contributed by atoms with Gasteiger partial charge in [0.15, 0.2) is 0 Å². The number of carbonyl (C=O) groups excluding carboxylic acids is 1. The minimum absolute atomic E-state index is 0.102. The van der Waals surface area contributed by atoms with Crippen molar-refractivity contribution in [2.24, 2.45) is 0 Å². The Hall–Kier alpha value is -2.61. The molecule has 7 heteroatoms. The molecule has 0 aromatic heterocycles. The number of hydrogen-bond donors (Lipinski definition) is 3. The molecule has 3 rings (SSSR count). The molecule has 1 saturated heterocycles. The third kappa shape index (κ3) is 6.19. The molecule has 0 radical (unpaired) electrons. The number of hydrogen-bond acceptors (Lipinski definition) is 6. The number of piperazine rings is 1. The predicted octanol–water partition coefficient (Wildman–Crippen LogP) is 1.76. The summed E-state index contributed by atoms with van der Waals surface area (Å²) in [6, 6.07) is 16.9. The molecule has 1 aliphatic rings. The zero-order chi connectivity index (χ0) is 20.6. The molecule has 2 aromatic rings. The Kier molecular flexibility index (Phi) is 7.46. The van der Waals surface area contributed by atoms with Crippen LogP contribution in [0.1, 0.15) is 17.2 Å². The first-order valence-corrected chi connectivity index (χ1v) is 9.87. The van der Waals surface area contributed by atoms with Crippen LogP contribution >= 0.6 is 0 Å². The number of benzene rings is 2. The van der Waals surface area contributed by atoms with E-state index in [1.165, 1.54) is 0 Å². The van der Waals surface area contributed by atoms with Crippen LogP contribution < -0.4 is 10.2 Å². The van der Waals surface area contributed by atoms with E-state index in [0.717, 1.165) is 37.4 Å². The van der Waals surface area contributed by atoms with Gasteiger partial charge in [-0.05, 0) is 30.3 Å². The van der Waals surface area contributed by atoms with Crippen molar-refractivity contribution in [2.45, 2.75) is 18.8 Å². The average Bonchev–Trinajstić information content (AvgIpc) is 2.77. The lowest BCUT2D eigenvalue weighted by molar-refractivity contribution is 0.0184. The van der Waals surface area contributed by atoms with Crippen molar-refractivity contribution >= 4 is 11.8 Å². The molecule has 3 N–H and O–H groups in total. The van der Waals surface area contributed by atoms with Crippen molar-refractivity contribution in [2.75, 3.05) is 44.7 Å². The van der Waals surface area contributed by atoms with Crippen molar-refractivity contribution in [3.05, 3.63) is 65.7 Å². The standard InChI is InChI=1S/C22H29N3O4/c1-24-11-13-25(14-12-24)19-9-7-18(8-10-19)21(27)20(26)15-23-22(28)29-16-17-5-3-2-4-6-17/h2-10,20-21,26-27H,11-16H2,1H3,(H,23,28). The summed E-state index contributed by atoms with van der Waals surface area (Å²) in [7, 11) is 2.11. The van der Waals surface area contributed by atoms with E-state index in [1.54, 1.807) is 0 Å². The van der Waals surface area contributed by atoms with Crippen molar-refractivity contribution in [1.82, 2.24) is 10.2 Å². The molecule has 2 unspecified atom stereocenters. The fraction of sp³-hybridized carbons (Fsp3) is 0.409. The predicted molar refractivity (Wildman–Crippen MR) is 112 cm³/mol. The Balaban J connectivity index is 1.44. The third-order valence-electron chi connectivity index (χ3n) is 5.14. The van der Waals surface area contributed by atoms with Gasteiger partial charge in [0.2, 0.25) is 0 Å². The van der Waals surface area contributed by atoms with E-state index in [0.29, 0.717) is 5.56 Å². The number of aliphatic hydroxyl groups is 2. The maximum atomic E-state index is 11.8. The summed E-state index contributed by atoms with van der Waals surface area (Å²) in [6.07, 6.45) is -2.86. The molecule has 1 fully saturated rings. The summed E-state index contributed by atoms with van der Waals surface area (Å²) in [6.45, 7) is 4.03. The number of carbonyl (C=O) groups is 1. The maximum Gasteiger partial charge on any atom is 0.407 e. The van der Waals surface area contributed by atoms with Crippen LogP contribution in [0.4, 0.5) is 10.5 Å². The molecule has 0 aliphatic carbocycles. The van der Waals surface area contributed by atoms with E-state index < -0.39 is 18.3 Å². The summed E-state index contributed by atoms with van der Waals surface area (Å²) in [4.78, 5) is 16.4. The van der Waals surface area contributed by atoms with Crippen LogP contribution in [0, 0.1) is 0 Å². The van der Waals surface area contributed by atoms with E-state index in [-0.39, 0.29) is 13.2 Å². The van der Waals surface area contributed by atoms with Gasteiger partial charge in [0.1, 0.15) is 18.8 Å². The van der Waals surface area contributed by atoms with Gasteiger partial charge in [0.05, 0.1) is 0 Å². The SMILES string of the molecule is CN1CCN(c2ccc(C(O)C(O)CNC(=O)OCc3ccccc3)cc2)CC1.